The van der Waals surface area contributed by atoms with Gasteiger partial charge in [0.25, 0.3) is 0 Å². The second-order valence-corrected chi connectivity index (χ2v) is 7.88. The average Bonchev–Trinajstić information content (AvgIpc) is 2.63. The standard InChI is InChI=1S/C19H25FN4O2S.HI/c1-14-7-8-15(2)18(11-14)27(25,26)24-10-9-22-19(21-3)23-13-16-5-4-6-17(20)12-16;/h4-8,11-12,24H,9-10,13H2,1-3H3,(H2,21,22,23);1H. The highest BCUT2D eigenvalue weighted by molar-refractivity contribution is 14.0. The molecule has 0 aliphatic rings. The molecule has 0 aliphatic carbocycles. The van der Waals surface area contributed by atoms with Crippen LogP contribution in [0.15, 0.2) is 52.4 Å². The van der Waals surface area contributed by atoms with Gasteiger partial charge in [0.1, 0.15) is 5.82 Å². The monoisotopic (exact) mass is 520 g/mol. The third kappa shape index (κ3) is 7.36. The van der Waals surface area contributed by atoms with Gasteiger partial charge < -0.3 is 10.6 Å². The van der Waals surface area contributed by atoms with Crippen LogP contribution in [0.3, 0.4) is 0 Å². The van der Waals surface area contributed by atoms with Gasteiger partial charge in [0.15, 0.2) is 5.96 Å². The third-order valence-corrected chi connectivity index (χ3v) is 5.52. The Balaban J connectivity index is 0.00000392. The van der Waals surface area contributed by atoms with E-state index in [4.69, 9.17) is 0 Å². The molecule has 0 spiro atoms. The number of rotatable bonds is 7. The predicted molar refractivity (Wildman–Crippen MR) is 121 cm³/mol. The summed E-state index contributed by atoms with van der Waals surface area (Å²) < 4.78 is 40.7. The van der Waals surface area contributed by atoms with E-state index in [1.807, 2.05) is 19.1 Å². The van der Waals surface area contributed by atoms with E-state index in [0.717, 1.165) is 11.1 Å². The molecule has 0 radical (unpaired) electrons. The number of aryl methyl sites for hydroxylation is 2. The first kappa shape index (κ1) is 24.3. The van der Waals surface area contributed by atoms with E-state index in [0.29, 0.717) is 24.6 Å². The van der Waals surface area contributed by atoms with Crippen molar-refractivity contribution < 1.29 is 12.8 Å². The van der Waals surface area contributed by atoms with E-state index >= 15 is 0 Å². The lowest BCUT2D eigenvalue weighted by molar-refractivity contribution is 0.580. The summed E-state index contributed by atoms with van der Waals surface area (Å²) in [4.78, 5) is 4.35. The highest BCUT2D eigenvalue weighted by Gasteiger charge is 2.16. The van der Waals surface area contributed by atoms with Crippen LogP contribution in [0.25, 0.3) is 0 Å². The van der Waals surface area contributed by atoms with Gasteiger partial charge in [0, 0.05) is 26.7 Å². The second kappa shape index (κ2) is 11.3. The first-order chi connectivity index (χ1) is 12.8. The molecule has 2 aromatic carbocycles. The molecule has 28 heavy (non-hydrogen) atoms. The number of nitrogens with one attached hydrogen (secondary N) is 3. The summed E-state index contributed by atoms with van der Waals surface area (Å²) in [6.07, 6.45) is 0. The fraction of sp³-hybridized carbons (Fsp3) is 0.316. The van der Waals surface area contributed by atoms with Crippen molar-refractivity contribution in [3.8, 4) is 0 Å². The van der Waals surface area contributed by atoms with Crippen LogP contribution in [-0.2, 0) is 16.6 Å². The number of nitrogens with zero attached hydrogens (tertiary/aromatic N) is 1. The lowest BCUT2D eigenvalue weighted by atomic mass is 10.2. The Bertz CT molecular complexity index is 920. The van der Waals surface area contributed by atoms with E-state index in [1.165, 1.54) is 12.1 Å². The summed E-state index contributed by atoms with van der Waals surface area (Å²) in [6.45, 7) is 4.59. The Morgan fingerprint density at radius 3 is 2.50 bits per heavy atom. The molecule has 9 heteroatoms. The topological polar surface area (TPSA) is 82.6 Å². The number of guanidine groups is 1. The van der Waals surface area contributed by atoms with Crippen LogP contribution in [0.1, 0.15) is 16.7 Å². The first-order valence-electron chi connectivity index (χ1n) is 8.57. The second-order valence-electron chi connectivity index (χ2n) is 6.15. The van der Waals surface area contributed by atoms with Crippen molar-refractivity contribution in [1.82, 2.24) is 15.4 Å². The minimum atomic E-state index is -3.57. The quantitative estimate of drug-likeness (QED) is 0.227. The molecular weight excluding hydrogens is 494 g/mol. The Morgan fingerprint density at radius 2 is 1.82 bits per heavy atom. The molecule has 0 amide bonds. The van der Waals surface area contributed by atoms with Crippen LogP contribution >= 0.6 is 24.0 Å². The highest BCUT2D eigenvalue weighted by atomic mass is 127. The molecule has 0 saturated heterocycles. The number of hydrogen-bond donors (Lipinski definition) is 3. The summed E-state index contributed by atoms with van der Waals surface area (Å²) in [5, 5.41) is 6.08. The van der Waals surface area contributed by atoms with E-state index in [9.17, 15) is 12.8 Å². The number of hydrogen-bond acceptors (Lipinski definition) is 3. The normalized spacial score (nSPS) is 11.6. The molecule has 3 N–H and O–H groups in total. The molecule has 6 nitrogen and oxygen atoms in total. The highest BCUT2D eigenvalue weighted by Crippen LogP contribution is 2.16. The molecule has 0 unspecified atom stereocenters. The summed E-state index contributed by atoms with van der Waals surface area (Å²) in [7, 11) is -1.96. The van der Waals surface area contributed by atoms with E-state index in [-0.39, 0.29) is 41.2 Å². The van der Waals surface area contributed by atoms with Crippen molar-refractivity contribution in [3.63, 3.8) is 0 Å². The van der Waals surface area contributed by atoms with E-state index < -0.39 is 10.0 Å². The fourth-order valence-corrected chi connectivity index (χ4v) is 3.85. The average molecular weight is 520 g/mol. The van der Waals surface area contributed by atoms with Crippen molar-refractivity contribution in [3.05, 3.63) is 65.0 Å². The summed E-state index contributed by atoms with van der Waals surface area (Å²) in [5.74, 6) is 0.211. The van der Waals surface area contributed by atoms with Crippen LogP contribution in [-0.4, -0.2) is 34.5 Å². The molecule has 0 saturated carbocycles. The van der Waals surface area contributed by atoms with Crippen LogP contribution in [0, 0.1) is 19.7 Å². The SMILES string of the molecule is CN=C(NCCNS(=O)(=O)c1cc(C)ccc1C)NCc1cccc(F)c1.I. The number of benzene rings is 2. The minimum absolute atomic E-state index is 0. The number of aliphatic imine (C=N–C) groups is 1. The van der Waals surface area contributed by atoms with Gasteiger partial charge in [-0.15, -0.1) is 24.0 Å². The lowest BCUT2D eigenvalue weighted by Crippen LogP contribution is -2.41. The predicted octanol–water partition coefficient (Wildman–Crippen LogP) is 2.70. The van der Waals surface area contributed by atoms with E-state index in [1.54, 1.807) is 32.2 Å². The summed E-state index contributed by atoms with van der Waals surface area (Å²) in [6, 6.07) is 11.6. The molecule has 0 heterocycles. The van der Waals surface area contributed by atoms with Crippen molar-refractivity contribution in [2.45, 2.75) is 25.3 Å². The van der Waals surface area contributed by atoms with Crippen molar-refractivity contribution in [2.75, 3.05) is 20.1 Å². The van der Waals surface area contributed by atoms with Crippen LogP contribution < -0.4 is 15.4 Å². The molecule has 2 aromatic rings. The number of halogens is 2. The van der Waals surface area contributed by atoms with Gasteiger partial charge in [-0.25, -0.2) is 17.5 Å². The van der Waals surface area contributed by atoms with Gasteiger partial charge >= 0.3 is 0 Å². The summed E-state index contributed by atoms with van der Waals surface area (Å²) >= 11 is 0. The van der Waals surface area contributed by atoms with Gasteiger partial charge in [-0.2, -0.15) is 0 Å². The van der Waals surface area contributed by atoms with Gasteiger partial charge in [-0.1, -0.05) is 24.3 Å². The van der Waals surface area contributed by atoms with Gasteiger partial charge in [-0.05, 0) is 48.7 Å². The number of sulfonamides is 1. The molecule has 0 fully saturated rings. The largest absolute Gasteiger partial charge is 0.355 e. The molecule has 0 aromatic heterocycles. The van der Waals surface area contributed by atoms with Crippen LogP contribution in [0.2, 0.25) is 0 Å². The van der Waals surface area contributed by atoms with Crippen molar-refractivity contribution in [1.29, 1.82) is 0 Å². The molecule has 2 rings (SSSR count). The molecule has 0 atom stereocenters. The zero-order valence-corrected chi connectivity index (χ0v) is 19.3. The first-order valence-corrected chi connectivity index (χ1v) is 10.1. The lowest BCUT2D eigenvalue weighted by Gasteiger charge is -2.13. The van der Waals surface area contributed by atoms with Crippen LogP contribution in [0.5, 0.6) is 0 Å². The molecular formula is C19H26FIN4O2S. The smallest absolute Gasteiger partial charge is 0.240 e. The Hall–Kier alpha value is -1.72. The zero-order valence-electron chi connectivity index (χ0n) is 16.1. The third-order valence-electron chi connectivity index (χ3n) is 3.92. The Morgan fingerprint density at radius 1 is 1.07 bits per heavy atom. The minimum Gasteiger partial charge on any atom is -0.355 e. The Kier molecular flexibility index (Phi) is 9.83. The van der Waals surface area contributed by atoms with Crippen LogP contribution in [0.4, 0.5) is 4.39 Å². The fourth-order valence-electron chi connectivity index (χ4n) is 2.49. The van der Waals surface area contributed by atoms with E-state index in [2.05, 4.69) is 20.3 Å². The summed E-state index contributed by atoms with van der Waals surface area (Å²) in [5.41, 5.74) is 2.38. The zero-order chi connectivity index (χ0) is 19.9. The maximum Gasteiger partial charge on any atom is 0.240 e. The van der Waals surface area contributed by atoms with Crippen molar-refractivity contribution >= 4 is 40.0 Å². The maximum absolute atomic E-state index is 13.2. The molecule has 0 bridgehead atoms. The Labute approximate surface area is 183 Å². The molecule has 154 valence electrons. The van der Waals surface area contributed by atoms with Gasteiger partial charge in [0.05, 0.1) is 4.90 Å². The van der Waals surface area contributed by atoms with Gasteiger partial charge in [0.2, 0.25) is 10.0 Å². The van der Waals surface area contributed by atoms with Gasteiger partial charge in [-0.3, -0.25) is 4.99 Å². The molecule has 0 aliphatic heterocycles. The maximum atomic E-state index is 13.2. The van der Waals surface area contributed by atoms with Crippen molar-refractivity contribution in [2.24, 2.45) is 4.99 Å².